The molecular formula is C27H36O6. The summed E-state index contributed by atoms with van der Waals surface area (Å²) in [6, 6.07) is 1.17. The minimum absolute atomic E-state index is 0.0136. The molecule has 33 heavy (non-hydrogen) atoms. The first kappa shape index (κ1) is 25.0. The number of hydrogen-bond acceptors (Lipinski definition) is 6. The van der Waals surface area contributed by atoms with Gasteiger partial charge in [-0.25, -0.2) is 0 Å². The second kappa shape index (κ2) is 8.62. The number of ketones is 3. The Bertz CT molecular complexity index is 1040. The molecule has 0 saturated heterocycles. The number of allylic oxidation sites excluding steroid dienone is 2. The Labute approximate surface area is 196 Å². The number of unbranched alkanes of at least 4 members (excludes halogenated alkanes) is 2. The predicted octanol–water partition coefficient (Wildman–Crippen LogP) is 5.84. The zero-order chi connectivity index (χ0) is 24.9. The van der Waals surface area contributed by atoms with Crippen molar-refractivity contribution in [3.05, 3.63) is 28.5 Å². The number of hydrogen-bond donors (Lipinski definition) is 2. The molecule has 1 aromatic rings. The van der Waals surface area contributed by atoms with Crippen LogP contribution in [0.25, 0.3) is 0 Å². The van der Waals surface area contributed by atoms with E-state index in [9.17, 15) is 24.6 Å². The van der Waals surface area contributed by atoms with Crippen LogP contribution in [-0.4, -0.2) is 27.6 Å². The van der Waals surface area contributed by atoms with E-state index in [1.165, 1.54) is 6.07 Å². The van der Waals surface area contributed by atoms with Gasteiger partial charge in [0.25, 0.3) is 0 Å². The van der Waals surface area contributed by atoms with Gasteiger partial charge in [-0.1, -0.05) is 33.6 Å². The maximum atomic E-state index is 13.6. The lowest BCUT2D eigenvalue weighted by atomic mass is 9.59. The van der Waals surface area contributed by atoms with Crippen molar-refractivity contribution in [1.82, 2.24) is 0 Å². The fourth-order valence-electron chi connectivity index (χ4n) is 5.24. The van der Waals surface area contributed by atoms with Crippen molar-refractivity contribution in [1.29, 1.82) is 0 Å². The number of fused-ring (bicyclic) bond motifs is 1. The van der Waals surface area contributed by atoms with Gasteiger partial charge < -0.3 is 14.9 Å². The molecular weight excluding hydrogens is 420 g/mol. The van der Waals surface area contributed by atoms with Gasteiger partial charge in [0, 0.05) is 29.5 Å². The molecule has 6 nitrogen and oxygen atoms in total. The summed E-state index contributed by atoms with van der Waals surface area (Å²) in [5, 5.41) is 21.5. The van der Waals surface area contributed by atoms with Gasteiger partial charge in [-0.3, -0.25) is 14.4 Å². The summed E-state index contributed by atoms with van der Waals surface area (Å²) >= 11 is 0. The summed E-state index contributed by atoms with van der Waals surface area (Å²) in [7, 11) is 0. The van der Waals surface area contributed by atoms with Crippen LogP contribution in [0.4, 0.5) is 0 Å². The minimum Gasteiger partial charge on any atom is -0.507 e. The third-order valence-corrected chi connectivity index (χ3v) is 6.93. The highest BCUT2D eigenvalue weighted by molar-refractivity contribution is 6.20. The average molecular weight is 457 g/mol. The fraction of sp³-hybridized carbons (Fsp3) is 0.593. The highest BCUT2D eigenvalue weighted by atomic mass is 16.5. The van der Waals surface area contributed by atoms with Crippen molar-refractivity contribution in [2.45, 2.75) is 86.5 Å². The molecule has 2 aliphatic rings. The van der Waals surface area contributed by atoms with Crippen molar-refractivity contribution in [3.63, 3.8) is 0 Å². The molecule has 1 aliphatic carbocycles. The lowest BCUT2D eigenvalue weighted by Gasteiger charge is -2.45. The van der Waals surface area contributed by atoms with Gasteiger partial charge >= 0.3 is 0 Å². The van der Waals surface area contributed by atoms with E-state index in [2.05, 4.69) is 0 Å². The number of carbonyl (C=O) groups excluding carboxylic acids is 3. The van der Waals surface area contributed by atoms with Crippen molar-refractivity contribution >= 4 is 17.3 Å². The molecule has 180 valence electrons. The van der Waals surface area contributed by atoms with E-state index in [-0.39, 0.29) is 58.3 Å². The Morgan fingerprint density at radius 1 is 1.06 bits per heavy atom. The molecule has 0 fully saturated rings. The Balaban J connectivity index is 2.30. The normalized spacial score (nSPS) is 21.0. The van der Waals surface area contributed by atoms with Gasteiger partial charge in [-0.15, -0.1) is 0 Å². The number of phenols is 2. The maximum absolute atomic E-state index is 13.6. The molecule has 1 atom stereocenters. The van der Waals surface area contributed by atoms with Gasteiger partial charge in [-0.05, 0) is 46.5 Å². The van der Waals surface area contributed by atoms with Gasteiger partial charge in [0.1, 0.15) is 28.6 Å². The van der Waals surface area contributed by atoms with Crippen LogP contribution < -0.4 is 4.74 Å². The third kappa shape index (κ3) is 3.98. The number of Topliss-reactive ketones (excluding diaryl/α,β-unsaturated/α-hetero) is 3. The molecule has 6 heteroatoms. The molecule has 3 rings (SSSR count). The van der Waals surface area contributed by atoms with Gasteiger partial charge in [0.05, 0.1) is 10.8 Å². The summed E-state index contributed by atoms with van der Waals surface area (Å²) in [5.41, 5.74) is -1.60. The Morgan fingerprint density at radius 3 is 2.27 bits per heavy atom. The largest absolute Gasteiger partial charge is 0.507 e. The lowest BCUT2D eigenvalue weighted by Crippen LogP contribution is -2.51. The Kier molecular flexibility index (Phi) is 6.53. The second-order valence-electron chi connectivity index (χ2n) is 10.8. The van der Waals surface area contributed by atoms with Crippen LogP contribution in [0.15, 0.2) is 17.4 Å². The lowest BCUT2D eigenvalue weighted by molar-refractivity contribution is -0.144. The van der Waals surface area contributed by atoms with E-state index in [1.54, 1.807) is 27.7 Å². The standard InChI is InChI=1S/C27H36O6/c1-8-9-10-11-16(28)21-18(30)13-17(29)19-15(12-14(2)3)20-23(31)26(4,5)25(32)27(6,7)24(20)33-22(19)21/h13-15,29-30H,8-12H2,1-7H3. The zero-order valence-corrected chi connectivity index (χ0v) is 20.8. The number of aromatic hydroxyl groups is 2. The first-order chi connectivity index (χ1) is 15.3. The Hall–Kier alpha value is -2.63. The first-order valence-corrected chi connectivity index (χ1v) is 11.9. The van der Waals surface area contributed by atoms with Crippen LogP contribution in [-0.2, 0) is 9.59 Å². The molecule has 0 radical (unpaired) electrons. The minimum atomic E-state index is -1.23. The van der Waals surface area contributed by atoms with E-state index in [0.29, 0.717) is 24.0 Å². The number of rotatable bonds is 7. The molecule has 0 aromatic heterocycles. The van der Waals surface area contributed by atoms with E-state index in [1.807, 2.05) is 20.8 Å². The van der Waals surface area contributed by atoms with E-state index >= 15 is 0 Å². The van der Waals surface area contributed by atoms with Gasteiger partial charge in [0.2, 0.25) is 0 Å². The smallest absolute Gasteiger partial charge is 0.175 e. The monoisotopic (exact) mass is 456 g/mol. The van der Waals surface area contributed by atoms with Gasteiger partial charge in [0.15, 0.2) is 17.3 Å². The molecule has 1 aliphatic heterocycles. The van der Waals surface area contributed by atoms with Crippen molar-refractivity contribution in [2.75, 3.05) is 0 Å². The Morgan fingerprint density at radius 2 is 1.70 bits per heavy atom. The first-order valence-electron chi connectivity index (χ1n) is 11.9. The van der Waals surface area contributed by atoms with Crippen LogP contribution in [0, 0.1) is 16.7 Å². The van der Waals surface area contributed by atoms with Crippen LogP contribution in [0.5, 0.6) is 17.2 Å². The zero-order valence-electron chi connectivity index (χ0n) is 20.8. The van der Waals surface area contributed by atoms with Crippen molar-refractivity contribution in [3.8, 4) is 17.2 Å². The molecule has 0 bridgehead atoms. The van der Waals surface area contributed by atoms with Crippen molar-refractivity contribution in [2.24, 2.45) is 16.7 Å². The molecule has 0 spiro atoms. The third-order valence-electron chi connectivity index (χ3n) is 6.93. The quantitative estimate of drug-likeness (QED) is 0.304. The number of benzene rings is 1. The molecule has 0 amide bonds. The summed E-state index contributed by atoms with van der Waals surface area (Å²) in [5.74, 6) is -1.52. The van der Waals surface area contributed by atoms with E-state index in [0.717, 1.165) is 12.8 Å². The maximum Gasteiger partial charge on any atom is 0.175 e. The summed E-state index contributed by atoms with van der Waals surface area (Å²) < 4.78 is 6.21. The SMILES string of the molecule is CCCCCC(=O)c1c(O)cc(O)c2c1OC1=C(C(=O)C(C)(C)C(=O)C1(C)C)C2CC(C)C. The fourth-order valence-corrected chi connectivity index (χ4v) is 5.24. The highest BCUT2D eigenvalue weighted by Crippen LogP contribution is 2.57. The average Bonchev–Trinajstić information content (AvgIpc) is 2.70. The summed E-state index contributed by atoms with van der Waals surface area (Å²) in [6.45, 7) is 12.8. The number of ether oxygens (including phenoxy) is 1. The van der Waals surface area contributed by atoms with E-state index < -0.39 is 16.7 Å². The predicted molar refractivity (Wildman–Crippen MR) is 126 cm³/mol. The summed E-state index contributed by atoms with van der Waals surface area (Å²) in [4.78, 5) is 40.0. The second-order valence-corrected chi connectivity index (χ2v) is 10.8. The highest BCUT2D eigenvalue weighted by Gasteiger charge is 2.57. The molecule has 1 aromatic carbocycles. The van der Waals surface area contributed by atoms with Crippen LogP contribution in [0.2, 0.25) is 0 Å². The molecule has 1 heterocycles. The van der Waals surface area contributed by atoms with Crippen LogP contribution in [0.3, 0.4) is 0 Å². The van der Waals surface area contributed by atoms with E-state index in [4.69, 9.17) is 4.74 Å². The molecule has 1 unspecified atom stereocenters. The molecule has 0 saturated carbocycles. The topological polar surface area (TPSA) is 101 Å². The number of phenolic OH excluding ortho intramolecular Hbond substituents is 2. The van der Waals surface area contributed by atoms with Crippen LogP contribution >= 0.6 is 0 Å². The summed E-state index contributed by atoms with van der Waals surface area (Å²) in [6.07, 6.45) is 3.25. The molecule has 2 N–H and O–H groups in total. The van der Waals surface area contributed by atoms with Crippen LogP contribution in [0.1, 0.15) is 102 Å². The van der Waals surface area contributed by atoms with Crippen molar-refractivity contribution < 1.29 is 29.3 Å². The van der Waals surface area contributed by atoms with Gasteiger partial charge in [-0.2, -0.15) is 0 Å². The number of carbonyl (C=O) groups is 3.